The third-order valence-electron chi connectivity index (χ3n) is 6.57. The number of carbonyl (C=O) groups excluding carboxylic acids is 1. The molecule has 1 fully saturated rings. The number of non-ortho nitro benzene ring substituents is 1. The van der Waals surface area contributed by atoms with Gasteiger partial charge in [-0.2, -0.15) is 0 Å². The number of thiocarbonyl (C=S) groups is 1. The summed E-state index contributed by atoms with van der Waals surface area (Å²) in [6.45, 7) is 0. The van der Waals surface area contributed by atoms with Crippen LogP contribution in [0.1, 0.15) is 76.3 Å². The first-order chi connectivity index (χ1) is 17.0. The number of nitro groups is 1. The number of amides is 1. The second-order valence-corrected chi connectivity index (χ2v) is 10.5. The average molecular weight is 515 g/mol. The third-order valence-corrected chi connectivity index (χ3v) is 7.50. The highest BCUT2D eigenvalue weighted by Gasteiger charge is 2.23. The normalized spacial score (nSPS) is 16.7. The minimum absolute atomic E-state index is 0.0296. The van der Waals surface area contributed by atoms with E-state index in [4.69, 9.17) is 12.2 Å². The molecule has 7 nitrogen and oxygen atoms in total. The first kappa shape index (κ1) is 27.1. The summed E-state index contributed by atoms with van der Waals surface area (Å²) in [6.07, 6.45) is 18.6. The van der Waals surface area contributed by atoms with Crippen molar-refractivity contribution in [2.24, 2.45) is 0 Å². The summed E-state index contributed by atoms with van der Waals surface area (Å²) < 4.78 is 3.28. The number of benzene rings is 1. The smallest absolute Gasteiger partial charge is 0.269 e. The topological polar surface area (TPSA) is 81.3 Å². The molecule has 0 atom stereocenters. The van der Waals surface area contributed by atoms with Gasteiger partial charge in [0, 0.05) is 41.8 Å². The standard InChI is InChI=1S/C26H34N4O3S2/c1-28(22-11-9-7-5-3-2-4-6-8-10-12-22)26(31)25(35-20-34)17-21-18-29(19-27-21)23-13-15-24(16-14-23)30(32)33/h13-20,22H,2-12H2,1H3/b25-17-. The second kappa shape index (κ2) is 14.1. The molecule has 1 saturated carbocycles. The van der Waals surface area contributed by atoms with Gasteiger partial charge in [0.1, 0.15) is 0 Å². The van der Waals surface area contributed by atoms with E-state index in [1.54, 1.807) is 35.3 Å². The van der Waals surface area contributed by atoms with Crippen LogP contribution in [0.4, 0.5) is 5.69 Å². The van der Waals surface area contributed by atoms with E-state index in [-0.39, 0.29) is 17.6 Å². The van der Waals surface area contributed by atoms with Crippen molar-refractivity contribution in [2.45, 2.75) is 76.7 Å². The predicted molar refractivity (Wildman–Crippen MR) is 147 cm³/mol. The molecule has 1 heterocycles. The maximum Gasteiger partial charge on any atom is 0.269 e. The van der Waals surface area contributed by atoms with E-state index in [9.17, 15) is 14.9 Å². The number of likely N-dealkylation sites (N-methyl/N-ethyl adjacent to an activating group) is 1. The Hall–Kier alpha value is -2.52. The van der Waals surface area contributed by atoms with Crippen molar-refractivity contribution >= 4 is 46.3 Å². The molecule has 1 aromatic carbocycles. The van der Waals surface area contributed by atoms with Gasteiger partial charge in [-0.1, -0.05) is 81.8 Å². The number of imidazole rings is 1. The molecule has 2 aromatic rings. The van der Waals surface area contributed by atoms with Crippen LogP contribution in [0, 0.1) is 10.1 Å². The zero-order valence-electron chi connectivity index (χ0n) is 20.3. The van der Waals surface area contributed by atoms with Crippen LogP contribution in [0.15, 0.2) is 41.7 Å². The van der Waals surface area contributed by atoms with Crippen LogP contribution in [0.25, 0.3) is 11.8 Å². The molecule has 1 aliphatic carbocycles. The Balaban J connectivity index is 1.73. The molecule has 1 amide bonds. The van der Waals surface area contributed by atoms with Gasteiger partial charge in [-0.15, -0.1) is 0 Å². The van der Waals surface area contributed by atoms with Gasteiger partial charge < -0.3 is 9.47 Å². The molecular weight excluding hydrogens is 480 g/mol. The Morgan fingerprint density at radius 1 is 1.09 bits per heavy atom. The molecule has 188 valence electrons. The number of hydrogen-bond donors (Lipinski definition) is 0. The van der Waals surface area contributed by atoms with Crippen molar-refractivity contribution in [1.82, 2.24) is 14.5 Å². The van der Waals surface area contributed by atoms with Crippen LogP contribution in [0.2, 0.25) is 0 Å². The molecule has 9 heteroatoms. The number of aromatic nitrogens is 2. The van der Waals surface area contributed by atoms with Crippen molar-refractivity contribution < 1.29 is 9.72 Å². The van der Waals surface area contributed by atoms with Gasteiger partial charge in [0.15, 0.2) is 0 Å². The lowest BCUT2D eigenvalue weighted by molar-refractivity contribution is -0.384. The van der Waals surface area contributed by atoms with Crippen LogP contribution < -0.4 is 0 Å². The number of hydrogen-bond acceptors (Lipinski definition) is 6. The molecule has 0 aliphatic heterocycles. The van der Waals surface area contributed by atoms with Gasteiger partial charge in [-0.05, 0) is 31.1 Å². The highest BCUT2D eigenvalue weighted by Crippen LogP contribution is 2.25. The quantitative estimate of drug-likeness (QED) is 0.172. The van der Waals surface area contributed by atoms with E-state index in [0.717, 1.165) is 31.4 Å². The summed E-state index contributed by atoms with van der Waals surface area (Å²) in [4.78, 5) is 30.8. The zero-order valence-corrected chi connectivity index (χ0v) is 21.9. The van der Waals surface area contributed by atoms with Crippen LogP contribution >= 0.6 is 24.0 Å². The maximum absolute atomic E-state index is 13.5. The Morgan fingerprint density at radius 3 is 2.20 bits per heavy atom. The minimum atomic E-state index is -0.426. The van der Waals surface area contributed by atoms with Gasteiger partial charge in [0.2, 0.25) is 0 Å². The highest BCUT2D eigenvalue weighted by atomic mass is 32.2. The Kier molecular flexibility index (Phi) is 10.9. The lowest BCUT2D eigenvalue weighted by atomic mass is 9.97. The lowest BCUT2D eigenvalue weighted by Gasteiger charge is -2.29. The summed E-state index contributed by atoms with van der Waals surface area (Å²) in [5, 5.41) is 10.9. The molecule has 1 aromatic heterocycles. The minimum Gasteiger partial charge on any atom is -0.338 e. The van der Waals surface area contributed by atoms with E-state index >= 15 is 0 Å². The van der Waals surface area contributed by atoms with Gasteiger partial charge in [-0.25, -0.2) is 4.98 Å². The second-order valence-electron chi connectivity index (χ2n) is 9.03. The molecular formula is C26H34N4O3S2. The van der Waals surface area contributed by atoms with Crippen LogP contribution in [0.5, 0.6) is 0 Å². The van der Waals surface area contributed by atoms with Crippen molar-refractivity contribution in [3.8, 4) is 5.69 Å². The van der Waals surface area contributed by atoms with Gasteiger partial charge in [0.25, 0.3) is 11.6 Å². The monoisotopic (exact) mass is 514 g/mol. The third kappa shape index (κ3) is 8.28. The largest absolute Gasteiger partial charge is 0.338 e. The van der Waals surface area contributed by atoms with Crippen LogP contribution in [-0.4, -0.2) is 43.1 Å². The maximum atomic E-state index is 13.5. The summed E-state index contributed by atoms with van der Waals surface area (Å²) in [5.41, 5.74) is 1.42. The Labute approximate surface area is 217 Å². The highest BCUT2D eigenvalue weighted by molar-refractivity contribution is 8.24. The first-order valence-corrected chi connectivity index (χ1v) is 13.7. The summed E-state index contributed by atoms with van der Waals surface area (Å²) in [7, 11) is 1.91. The number of thioether (sulfide) groups is 1. The lowest BCUT2D eigenvalue weighted by Crippen LogP contribution is -2.37. The zero-order chi connectivity index (χ0) is 25.0. The number of carbonyl (C=O) groups is 1. The van der Waals surface area contributed by atoms with Crippen LogP contribution in [0.3, 0.4) is 0 Å². The number of nitrogens with zero attached hydrogens (tertiary/aromatic N) is 4. The fourth-order valence-electron chi connectivity index (χ4n) is 4.50. The fourth-order valence-corrected chi connectivity index (χ4v) is 5.35. The van der Waals surface area contributed by atoms with Crippen molar-refractivity contribution in [1.29, 1.82) is 0 Å². The molecule has 0 saturated heterocycles. The first-order valence-electron chi connectivity index (χ1n) is 12.4. The average Bonchev–Trinajstić information content (AvgIpc) is 3.32. The number of rotatable bonds is 7. The molecule has 0 N–H and O–H groups in total. The molecule has 0 bridgehead atoms. The SMILES string of the molecule is CN(C(=O)/C(=C/c1cn(-c2ccc([N+](=O)[O-])cc2)cn1)SC=S)C1CCCCCCCCCCC1. The van der Waals surface area contributed by atoms with E-state index in [2.05, 4.69) is 4.98 Å². The van der Waals surface area contributed by atoms with E-state index in [1.807, 2.05) is 11.9 Å². The van der Waals surface area contributed by atoms with Crippen LogP contribution in [-0.2, 0) is 4.79 Å². The number of nitro benzene ring substituents is 1. The van der Waals surface area contributed by atoms with Crippen molar-refractivity contribution in [3.05, 3.63) is 57.5 Å². The fraction of sp³-hybridized carbons (Fsp3) is 0.500. The molecule has 3 rings (SSSR count). The molecule has 0 unspecified atom stereocenters. The summed E-state index contributed by atoms with van der Waals surface area (Å²) in [6, 6.07) is 6.48. The molecule has 1 aliphatic rings. The van der Waals surface area contributed by atoms with Crippen molar-refractivity contribution in [3.63, 3.8) is 0 Å². The predicted octanol–water partition coefficient (Wildman–Crippen LogP) is 6.94. The van der Waals surface area contributed by atoms with Gasteiger partial charge >= 0.3 is 0 Å². The summed E-state index contributed by atoms with van der Waals surface area (Å²) >= 11 is 6.31. The van der Waals surface area contributed by atoms with Gasteiger partial charge in [0.05, 0.1) is 21.8 Å². The van der Waals surface area contributed by atoms with Gasteiger partial charge in [-0.3, -0.25) is 14.9 Å². The Morgan fingerprint density at radius 2 is 1.66 bits per heavy atom. The van der Waals surface area contributed by atoms with E-state index in [0.29, 0.717) is 10.6 Å². The van der Waals surface area contributed by atoms with Crippen molar-refractivity contribution in [2.75, 3.05) is 7.05 Å². The van der Waals surface area contributed by atoms with E-state index < -0.39 is 4.92 Å². The Bertz CT molecular complexity index is 1010. The summed E-state index contributed by atoms with van der Waals surface area (Å²) in [5.74, 6) is -0.0296. The molecule has 0 radical (unpaired) electrons. The molecule has 35 heavy (non-hydrogen) atoms. The molecule has 0 spiro atoms. The van der Waals surface area contributed by atoms with E-state index in [1.165, 1.54) is 73.5 Å².